The van der Waals surface area contributed by atoms with Crippen LogP contribution < -0.4 is 5.32 Å². The topological polar surface area (TPSA) is 64.9 Å². The Morgan fingerprint density at radius 3 is 2.88 bits per heavy atom. The quantitative estimate of drug-likeness (QED) is 0.657. The Bertz CT molecular complexity index is 302. The van der Waals surface area contributed by atoms with Crippen molar-refractivity contribution in [2.45, 2.75) is 45.7 Å². The molecule has 1 unspecified atom stereocenters. The molecule has 1 heterocycles. The fourth-order valence-corrected chi connectivity index (χ4v) is 1.82. The third-order valence-corrected chi connectivity index (χ3v) is 2.77. The molecule has 0 bridgehead atoms. The number of aromatic nitrogens is 4. The van der Waals surface area contributed by atoms with Crippen molar-refractivity contribution in [3.63, 3.8) is 0 Å². The molecule has 17 heavy (non-hydrogen) atoms. The van der Waals surface area contributed by atoms with E-state index in [0.717, 1.165) is 31.6 Å². The van der Waals surface area contributed by atoms with Crippen LogP contribution in [0, 0.1) is 0 Å². The zero-order valence-electron chi connectivity index (χ0n) is 11.0. The summed E-state index contributed by atoms with van der Waals surface area (Å²) in [6.07, 6.45) is 3.32. The molecule has 6 nitrogen and oxygen atoms in total. The van der Waals surface area contributed by atoms with Gasteiger partial charge in [0.15, 0.2) is 5.82 Å². The van der Waals surface area contributed by atoms with E-state index in [1.165, 1.54) is 0 Å². The number of nitrogens with zero attached hydrogens (tertiary/aromatic N) is 4. The number of nitrogens with one attached hydrogen (secondary N) is 1. The van der Waals surface area contributed by atoms with Crippen LogP contribution in [0.3, 0.4) is 0 Å². The van der Waals surface area contributed by atoms with Gasteiger partial charge >= 0.3 is 0 Å². The van der Waals surface area contributed by atoms with Gasteiger partial charge in [-0.1, -0.05) is 20.3 Å². The Morgan fingerprint density at radius 2 is 2.24 bits per heavy atom. The molecule has 0 aliphatic carbocycles. The Hall–Kier alpha value is -1.01. The summed E-state index contributed by atoms with van der Waals surface area (Å²) in [6, 6.07) is 0.411. The minimum atomic E-state index is 0.411. The summed E-state index contributed by atoms with van der Waals surface area (Å²) >= 11 is 0. The smallest absolute Gasteiger partial charge is 0.165 e. The molecule has 0 aliphatic rings. The highest BCUT2D eigenvalue weighted by molar-refractivity contribution is 4.83. The maximum atomic E-state index is 4.98. The van der Waals surface area contributed by atoms with E-state index in [9.17, 15) is 0 Å². The molecule has 0 saturated heterocycles. The third-order valence-electron chi connectivity index (χ3n) is 2.77. The van der Waals surface area contributed by atoms with Crippen LogP contribution in [0.2, 0.25) is 0 Å². The first kappa shape index (κ1) is 14.1. The van der Waals surface area contributed by atoms with Gasteiger partial charge in [0.2, 0.25) is 0 Å². The summed E-state index contributed by atoms with van der Waals surface area (Å²) in [7, 11) is 1.69. The average molecular weight is 241 g/mol. The summed E-state index contributed by atoms with van der Waals surface area (Å²) in [4.78, 5) is 0. The van der Waals surface area contributed by atoms with Crippen LogP contribution in [0.5, 0.6) is 0 Å². The highest BCUT2D eigenvalue weighted by Crippen LogP contribution is 2.17. The predicted octanol–water partition coefficient (Wildman–Crippen LogP) is 1.16. The molecule has 0 amide bonds. The van der Waals surface area contributed by atoms with E-state index in [-0.39, 0.29) is 0 Å². The third kappa shape index (κ3) is 4.40. The summed E-state index contributed by atoms with van der Waals surface area (Å²) in [5, 5.41) is 15.2. The lowest BCUT2D eigenvalue weighted by atomic mass is 10.1. The Labute approximate surface area is 103 Å². The number of methoxy groups -OCH3 is 1. The summed E-state index contributed by atoms with van der Waals surface area (Å²) in [5.41, 5.74) is 0. The summed E-state index contributed by atoms with van der Waals surface area (Å²) in [5.74, 6) is 0.904. The molecule has 1 aromatic rings. The number of tetrazole rings is 1. The van der Waals surface area contributed by atoms with Gasteiger partial charge < -0.3 is 10.1 Å². The first-order valence-electron chi connectivity index (χ1n) is 6.29. The number of hydrogen-bond acceptors (Lipinski definition) is 5. The Kier molecular flexibility index (Phi) is 6.73. The van der Waals surface area contributed by atoms with Gasteiger partial charge in [-0.3, -0.25) is 0 Å². The molecular weight excluding hydrogens is 218 g/mol. The molecule has 0 radical (unpaired) electrons. The molecule has 0 fully saturated rings. The second kappa shape index (κ2) is 8.14. The van der Waals surface area contributed by atoms with E-state index in [4.69, 9.17) is 4.74 Å². The van der Waals surface area contributed by atoms with E-state index < -0.39 is 0 Å². The Morgan fingerprint density at radius 1 is 1.41 bits per heavy atom. The second-order valence-electron chi connectivity index (χ2n) is 4.06. The highest BCUT2D eigenvalue weighted by Gasteiger charge is 2.14. The van der Waals surface area contributed by atoms with Crippen LogP contribution in [0.4, 0.5) is 0 Å². The van der Waals surface area contributed by atoms with E-state index in [2.05, 4.69) is 34.7 Å². The zero-order chi connectivity index (χ0) is 12.5. The van der Waals surface area contributed by atoms with Gasteiger partial charge in [-0.2, -0.15) is 0 Å². The zero-order valence-corrected chi connectivity index (χ0v) is 11.0. The van der Waals surface area contributed by atoms with Gasteiger partial charge in [0.1, 0.15) is 0 Å². The van der Waals surface area contributed by atoms with Crippen molar-refractivity contribution in [1.82, 2.24) is 25.5 Å². The minimum absolute atomic E-state index is 0.411. The standard InChI is InChI=1S/C11H23N5O/c1-4-6-10(5-2)16-11(13-14-15-16)9-12-7-8-17-3/h10,12H,4-9H2,1-3H3. The maximum Gasteiger partial charge on any atom is 0.165 e. The molecule has 0 spiro atoms. The van der Waals surface area contributed by atoms with Crippen LogP contribution in [0.1, 0.15) is 45.0 Å². The fourth-order valence-electron chi connectivity index (χ4n) is 1.82. The monoisotopic (exact) mass is 241 g/mol. The van der Waals surface area contributed by atoms with Crippen molar-refractivity contribution < 1.29 is 4.74 Å². The van der Waals surface area contributed by atoms with Crippen LogP contribution in [-0.2, 0) is 11.3 Å². The molecule has 1 rings (SSSR count). The highest BCUT2D eigenvalue weighted by atomic mass is 16.5. The SMILES string of the molecule is CCCC(CC)n1nnnc1CNCCOC. The van der Waals surface area contributed by atoms with Crippen molar-refractivity contribution >= 4 is 0 Å². The lowest BCUT2D eigenvalue weighted by molar-refractivity contribution is 0.198. The van der Waals surface area contributed by atoms with Crippen LogP contribution >= 0.6 is 0 Å². The predicted molar refractivity (Wildman–Crippen MR) is 65.6 cm³/mol. The minimum Gasteiger partial charge on any atom is -0.383 e. The summed E-state index contributed by atoms with van der Waals surface area (Å²) < 4.78 is 6.93. The van der Waals surface area contributed by atoms with Crippen LogP contribution in [0.15, 0.2) is 0 Å². The normalized spacial score (nSPS) is 12.9. The molecule has 1 N–H and O–H groups in total. The summed E-state index contributed by atoms with van der Waals surface area (Å²) in [6.45, 7) is 6.56. The number of hydrogen-bond donors (Lipinski definition) is 1. The first-order chi connectivity index (χ1) is 8.33. The molecule has 98 valence electrons. The Balaban J connectivity index is 2.51. The van der Waals surface area contributed by atoms with Crippen molar-refractivity contribution in [2.24, 2.45) is 0 Å². The van der Waals surface area contributed by atoms with Crippen LogP contribution in [-0.4, -0.2) is 40.5 Å². The molecule has 0 aliphatic heterocycles. The average Bonchev–Trinajstić information content (AvgIpc) is 2.80. The van der Waals surface area contributed by atoms with E-state index >= 15 is 0 Å². The molecule has 0 saturated carbocycles. The van der Waals surface area contributed by atoms with Gasteiger partial charge in [0.05, 0.1) is 19.2 Å². The first-order valence-corrected chi connectivity index (χ1v) is 6.29. The van der Waals surface area contributed by atoms with E-state index in [0.29, 0.717) is 19.2 Å². The number of rotatable bonds is 9. The molecule has 1 atom stereocenters. The van der Waals surface area contributed by atoms with Crippen LogP contribution in [0.25, 0.3) is 0 Å². The molecule has 6 heteroatoms. The lowest BCUT2D eigenvalue weighted by Crippen LogP contribution is -2.23. The van der Waals surface area contributed by atoms with Gasteiger partial charge in [-0.15, -0.1) is 5.10 Å². The largest absolute Gasteiger partial charge is 0.383 e. The fraction of sp³-hybridized carbons (Fsp3) is 0.909. The van der Waals surface area contributed by atoms with Crippen molar-refractivity contribution in [3.8, 4) is 0 Å². The second-order valence-corrected chi connectivity index (χ2v) is 4.06. The van der Waals surface area contributed by atoms with Gasteiger partial charge in [-0.05, 0) is 23.3 Å². The van der Waals surface area contributed by atoms with Crippen molar-refractivity contribution in [3.05, 3.63) is 5.82 Å². The van der Waals surface area contributed by atoms with E-state index in [1.54, 1.807) is 7.11 Å². The molecule has 1 aromatic heterocycles. The van der Waals surface area contributed by atoms with Gasteiger partial charge in [-0.25, -0.2) is 4.68 Å². The molecule has 0 aromatic carbocycles. The van der Waals surface area contributed by atoms with Crippen molar-refractivity contribution in [2.75, 3.05) is 20.3 Å². The van der Waals surface area contributed by atoms with Gasteiger partial charge in [0.25, 0.3) is 0 Å². The van der Waals surface area contributed by atoms with Gasteiger partial charge in [0, 0.05) is 13.7 Å². The van der Waals surface area contributed by atoms with E-state index in [1.807, 2.05) is 4.68 Å². The van der Waals surface area contributed by atoms with Crippen molar-refractivity contribution in [1.29, 1.82) is 0 Å². The molecular formula is C11H23N5O. The maximum absolute atomic E-state index is 4.98. The number of ether oxygens (including phenoxy) is 1. The lowest BCUT2D eigenvalue weighted by Gasteiger charge is -2.15.